The second-order valence-corrected chi connectivity index (χ2v) is 11.6. The highest BCUT2D eigenvalue weighted by Crippen LogP contribution is 2.41. The van der Waals surface area contributed by atoms with E-state index in [1.165, 1.54) is 18.6 Å². The summed E-state index contributed by atoms with van der Waals surface area (Å²) in [6, 6.07) is 17.0. The molecular formula is C34H31ClF3N7O2. The lowest BCUT2D eigenvalue weighted by Crippen LogP contribution is -2.31. The molecule has 6 rings (SSSR count). The van der Waals surface area contributed by atoms with Gasteiger partial charge in [-0.25, -0.2) is 14.6 Å². The minimum absolute atomic E-state index is 0.131. The summed E-state index contributed by atoms with van der Waals surface area (Å²) in [5, 5.41) is 17.7. The summed E-state index contributed by atoms with van der Waals surface area (Å²) in [6.45, 7) is 1.04. The molecule has 0 radical (unpaired) electrons. The molecule has 0 aliphatic carbocycles. The van der Waals surface area contributed by atoms with Crippen molar-refractivity contribution >= 4 is 28.3 Å². The average molecular weight is 662 g/mol. The number of aromatic nitrogens is 6. The van der Waals surface area contributed by atoms with Crippen LogP contribution in [0.1, 0.15) is 33.6 Å². The minimum atomic E-state index is -4.63. The number of hydrogen-bond donors (Lipinski definition) is 1. The maximum atomic E-state index is 13.4. The first-order chi connectivity index (χ1) is 22.5. The molecule has 1 atom stereocenters. The first kappa shape index (κ1) is 32.2. The predicted molar refractivity (Wildman–Crippen MR) is 173 cm³/mol. The number of hydrogen-bond acceptors (Lipinski definition) is 7. The summed E-state index contributed by atoms with van der Waals surface area (Å²) >= 11 is 7.23. The van der Waals surface area contributed by atoms with Crippen LogP contribution >= 0.6 is 11.6 Å². The number of ether oxygens (including phenoxy) is 1. The van der Waals surface area contributed by atoms with Gasteiger partial charge in [-0.1, -0.05) is 35.9 Å². The molecule has 47 heavy (non-hydrogen) atoms. The molecule has 0 amide bonds. The molecule has 9 nitrogen and oxygen atoms in total. The number of anilines is 1. The number of halogens is 4. The molecule has 0 fully saturated rings. The monoisotopic (exact) mass is 661 g/mol. The Balaban J connectivity index is 1.49. The van der Waals surface area contributed by atoms with Crippen LogP contribution in [0.15, 0.2) is 91.8 Å². The Morgan fingerprint density at radius 1 is 1.02 bits per heavy atom. The standard InChI is InChI=1S/C34H31ClF3N7O2/c1-43(15-16-47-3)32-27(17-22-5-9-25(10-6-22)45-14-4-13-41-45)31(35)26-18-23(7-11-28(26)42-32)33(46,30-20-39-21-44(30)2)24-8-12-29(40-19-24)34(36,37)38/h4-14,18-21,46H,15-17H2,1-3H3. The van der Waals surface area contributed by atoms with Crippen molar-refractivity contribution in [1.82, 2.24) is 29.3 Å². The third-order valence-corrected chi connectivity index (χ3v) is 8.58. The molecule has 0 saturated heterocycles. The van der Waals surface area contributed by atoms with E-state index in [-0.39, 0.29) is 5.56 Å². The first-order valence-electron chi connectivity index (χ1n) is 14.6. The van der Waals surface area contributed by atoms with E-state index in [0.29, 0.717) is 52.6 Å². The van der Waals surface area contributed by atoms with Gasteiger partial charge < -0.3 is 19.3 Å². The van der Waals surface area contributed by atoms with Crippen molar-refractivity contribution in [2.24, 2.45) is 7.05 Å². The van der Waals surface area contributed by atoms with Crippen molar-refractivity contribution in [2.75, 3.05) is 32.2 Å². The number of aryl methyl sites for hydroxylation is 1. The van der Waals surface area contributed by atoms with Crippen LogP contribution in [-0.2, 0) is 30.0 Å². The van der Waals surface area contributed by atoms with Gasteiger partial charge in [-0.15, -0.1) is 0 Å². The van der Waals surface area contributed by atoms with E-state index in [0.717, 1.165) is 29.1 Å². The zero-order valence-corrected chi connectivity index (χ0v) is 26.5. The lowest BCUT2D eigenvalue weighted by Gasteiger charge is -2.30. The second-order valence-electron chi connectivity index (χ2n) is 11.2. The van der Waals surface area contributed by atoms with Crippen LogP contribution < -0.4 is 4.90 Å². The molecule has 4 aromatic heterocycles. The summed E-state index contributed by atoms with van der Waals surface area (Å²) in [4.78, 5) is 14.8. The Kier molecular flexibility index (Phi) is 8.75. The van der Waals surface area contributed by atoms with E-state index in [1.807, 2.05) is 48.5 Å². The molecule has 0 spiro atoms. The number of aliphatic hydroxyl groups is 1. The number of alkyl halides is 3. The molecule has 0 saturated carbocycles. The molecule has 1 N–H and O–H groups in total. The van der Waals surface area contributed by atoms with Crippen LogP contribution in [0, 0.1) is 0 Å². The molecule has 0 aliphatic heterocycles. The van der Waals surface area contributed by atoms with Crippen LogP contribution in [0.5, 0.6) is 0 Å². The van der Waals surface area contributed by atoms with E-state index in [1.54, 1.807) is 47.8 Å². The summed E-state index contributed by atoms with van der Waals surface area (Å²) in [5.74, 6) is 0.678. The topological polar surface area (TPSA) is 94.1 Å². The van der Waals surface area contributed by atoms with Crippen molar-refractivity contribution in [3.8, 4) is 5.69 Å². The van der Waals surface area contributed by atoms with Crippen molar-refractivity contribution in [1.29, 1.82) is 0 Å². The number of fused-ring (bicyclic) bond motifs is 1. The Morgan fingerprint density at radius 3 is 2.40 bits per heavy atom. The fraction of sp³-hybridized carbons (Fsp3) is 0.235. The van der Waals surface area contributed by atoms with Gasteiger partial charge in [0.15, 0.2) is 5.60 Å². The van der Waals surface area contributed by atoms with Crippen LogP contribution in [0.4, 0.5) is 19.0 Å². The van der Waals surface area contributed by atoms with Gasteiger partial charge in [0.2, 0.25) is 0 Å². The van der Waals surface area contributed by atoms with Gasteiger partial charge in [0, 0.05) is 69.3 Å². The average Bonchev–Trinajstić information content (AvgIpc) is 3.77. The van der Waals surface area contributed by atoms with E-state index >= 15 is 0 Å². The minimum Gasteiger partial charge on any atom is -0.383 e. The van der Waals surface area contributed by atoms with Gasteiger partial charge >= 0.3 is 6.18 Å². The lowest BCUT2D eigenvalue weighted by atomic mass is 9.83. The molecule has 1 unspecified atom stereocenters. The number of rotatable bonds is 10. The highest BCUT2D eigenvalue weighted by Gasteiger charge is 2.39. The highest BCUT2D eigenvalue weighted by molar-refractivity contribution is 6.36. The molecule has 0 aliphatic rings. The molecule has 242 valence electrons. The van der Waals surface area contributed by atoms with Gasteiger partial charge in [0.25, 0.3) is 0 Å². The molecule has 13 heteroatoms. The molecular weight excluding hydrogens is 631 g/mol. The Bertz CT molecular complexity index is 2000. The van der Waals surface area contributed by atoms with Crippen molar-refractivity contribution < 1.29 is 23.0 Å². The van der Waals surface area contributed by atoms with Crippen LogP contribution in [0.3, 0.4) is 0 Å². The lowest BCUT2D eigenvalue weighted by molar-refractivity contribution is -0.141. The van der Waals surface area contributed by atoms with Gasteiger partial charge in [0.1, 0.15) is 11.5 Å². The molecule has 4 heterocycles. The quantitative estimate of drug-likeness (QED) is 0.187. The normalized spacial score (nSPS) is 13.2. The van der Waals surface area contributed by atoms with Crippen LogP contribution in [0.2, 0.25) is 5.02 Å². The third-order valence-electron chi connectivity index (χ3n) is 8.15. The zero-order chi connectivity index (χ0) is 33.3. The number of benzene rings is 2. The van der Waals surface area contributed by atoms with Gasteiger partial charge in [0.05, 0.1) is 41.1 Å². The fourth-order valence-electron chi connectivity index (χ4n) is 5.62. The van der Waals surface area contributed by atoms with Crippen LogP contribution in [-0.4, -0.2) is 61.7 Å². The van der Waals surface area contributed by atoms with E-state index in [4.69, 9.17) is 21.3 Å². The van der Waals surface area contributed by atoms with Crippen molar-refractivity contribution in [3.63, 3.8) is 0 Å². The maximum Gasteiger partial charge on any atom is 0.433 e. The number of nitrogens with zero attached hydrogens (tertiary/aromatic N) is 7. The van der Waals surface area contributed by atoms with Gasteiger partial charge in [-0.2, -0.15) is 18.3 Å². The second kappa shape index (κ2) is 12.8. The molecule has 2 aromatic carbocycles. The van der Waals surface area contributed by atoms with E-state index in [2.05, 4.69) is 15.1 Å². The van der Waals surface area contributed by atoms with E-state index < -0.39 is 17.5 Å². The summed E-state index contributed by atoms with van der Waals surface area (Å²) < 4.78 is 48.8. The number of imidazole rings is 1. The predicted octanol–water partition coefficient (Wildman–Crippen LogP) is 6.18. The number of methoxy groups -OCH3 is 1. The largest absolute Gasteiger partial charge is 0.433 e. The fourth-order valence-corrected chi connectivity index (χ4v) is 5.92. The highest BCUT2D eigenvalue weighted by atomic mass is 35.5. The zero-order valence-electron chi connectivity index (χ0n) is 25.8. The first-order valence-corrected chi connectivity index (χ1v) is 15.0. The van der Waals surface area contributed by atoms with Gasteiger partial charge in [-0.05, 0) is 47.5 Å². The SMILES string of the molecule is COCCN(C)c1nc2ccc(C(O)(c3ccc(C(F)(F)F)nc3)c3cncn3C)cc2c(Cl)c1Cc1ccc(-n2cccn2)cc1. The Morgan fingerprint density at radius 2 is 1.79 bits per heavy atom. The van der Waals surface area contributed by atoms with Crippen molar-refractivity contribution in [3.05, 3.63) is 130 Å². The number of pyridine rings is 2. The summed E-state index contributed by atoms with van der Waals surface area (Å²) in [5.41, 5.74) is 1.08. The third kappa shape index (κ3) is 6.19. The number of likely N-dealkylation sites (N-methyl/N-ethyl adjacent to an activating group) is 1. The smallest absolute Gasteiger partial charge is 0.383 e. The molecule has 0 bridgehead atoms. The Hall–Kier alpha value is -4.78. The maximum absolute atomic E-state index is 13.4. The molecule has 6 aromatic rings. The Labute approximate surface area is 273 Å². The summed E-state index contributed by atoms with van der Waals surface area (Å²) in [7, 11) is 5.24. The van der Waals surface area contributed by atoms with Crippen molar-refractivity contribution in [2.45, 2.75) is 18.2 Å². The van der Waals surface area contributed by atoms with Gasteiger partial charge in [-0.3, -0.25) is 4.98 Å². The van der Waals surface area contributed by atoms with E-state index in [9.17, 15) is 18.3 Å². The van der Waals surface area contributed by atoms with Crippen LogP contribution in [0.25, 0.3) is 16.6 Å². The summed E-state index contributed by atoms with van der Waals surface area (Å²) in [6.07, 6.45) is 3.41.